The van der Waals surface area contributed by atoms with E-state index in [1.165, 1.54) is 11.9 Å². The molecule has 7 rings (SSSR count). The Morgan fingerprint density at radius 2 is 1.67 bits per heavy atom. The number of hydrazine groups is 1. The Kier molecular flexibility index (Phi) is 6.76. The summed E-state index contributed by atoms with van der Waals surface area (Å²) < 4.78 is 0. The molecule has 6 atom stereocenters. The quantitative estimate of drug-likeness (QED) is 0.303. The molecule has 4 aliphatic rings. The third kappa shape index (κ3) is 4.04. The number of nitrogens with zero attached hydrogens (tertiary/aromatic N) is 2. The van der Waals surface area contributed by atoms with E-state index in [-0.39, 0.29) is 24.0 Å². The van der Waals surface area contributed by atoms with E-state index in [0.717, 1.165) is 16.1 Å². The number of aryl methyl sites for hydroxylation is 1. The summed E-state index contributed by atoms with van der Waals surface area (Å²) in [5.74, 6) is -4.52. The minimum absolute atomic E-state index is 0.0382. The second-order valence-corrected chi connectivity index (χ2v) is 12.7. The highest BCUT2D eigenvalue weighted by atomic mass is 16.3. The fourth-order valence-electron chi connectivity index (χ4n) is 8.41. The number of amides is 4. The highest BCUT2D eigenvalue weighted by Crippen LogP contribution is 2.64. The van der Waals surface area contributed by atoms with Crippen LogP contribution < -0.4 is 5.43 Å². The van der Waals surface area contributed by atoms with E-state index >= 15 is 4.79 Å². The Morgan fingerprint density at radius 3 is 2.38 bits per heavy atom. The number of rotatable bonds is 6. The summed E-state index contributed by atoms with van der Waals surface area (Å²) in [6.45, 7) is 5.80. The summed E-state index contributed by atoms with van der Waals surface area (Å²) in [7, 11) is 1.51. The Morgan fingerprint density at radius 1 is 0.933 bits per heavy atom. The molecule has 8 heteroatoms. The fourth-order valence-corrected chi connectivity index (χ4v) is 8.41. The zero-order chi connectivity index (χ0) is 31.6. The second-order valence-electron chi connectivity index (χ2n) is 12.7. The molecule has 8 nitrogen and oxygen atoms in total. The van der Waals surface area contributed by atoms with Crippen molar-refractivity contribution in [1.82, 2.24) is 9.91 Å². The second kappa shape index (κ2) is 10.6. The first-order chi connectivity index (χ1) is 21.7. The number of carbonyl (C=O) groups excluding carboxylic acids is 4. The molecule has 228 valence electrons. The standard InChI is InChI=1S/C37H35N3O5/c1-4-9-22-10-8-13-27(32(22)41)31-25-18-19-26-30(35(44)39(3)33(26)42)28(25)20-29-34(43)40(38-24-16-14-21(2)15-17-24)36(45)37(29,31)23-11-6-5-7-12-23/h4-8,10-18,26,28-31,38,41H,1,9,19-20H2,2-3H3. The van der Waals surface area contributed by atoms with Crippen molar-refractivity contribution in [2.75, 3.05) is 12.5 Å². The lowest BCUT2D eigenvalue weighted by Gasteiger charge is -2.50. The summed E-state index contributed by atoms with van der Waals surface area (Å²) in [5, 5.41) is 12.9. The average Bonchev–Trinajstić information content (AvgIpc) is 3.40. The lowest BCUT2D eigenvalue weighted by molar-refractivity contribution is -0.140. The largest absolute Gasteiger partial charge is 0.507 e. The van der Waals surface area contributed by atoms with E-state index < -0.39 is 46.8 Å². The van der Waals surface area contributed by atoms with Crippen LogP contribution in [0.5, 0.6) is 5.75 Å². The van der Waals surface area contributed by atoms with Crippen LogP contribution in [0.3, 0.4) is 0 Å². The number of phenols is 1. The van der Waals surface area contributed by atoms with Gasteiger partial charge in [0.1, 0.15) is 5.75 Å². The molecule has 0 aromatic heterocycles. The third-order valence-electron chi connectivity index (χ3n) is 10.4. The molecule has 3 aromatic rings. The van der Waals surface area contributed by atoms with Crippen molar-refractivity contribution < 1.29 is 24.3 Å². The molecule has 4 amide bonds. The predicted molar refractivity (Wildman–Crippen MR) is 169 cm³/mol. The van der Waals surface area contributed by atoms with E-state index in [2.05, 4.69) is 12.0 Å². The van der Waals surface area contributed by atoms with Crippen LogP contribution in [0.25, 0.3) is 0 Å². The zero-order valence-corrected chi connectivity index (χ0v) is 25.3. The number of imide groups is 2. The molecule has 2 saturated heterocycles. The number of aromatic hydroxyl groups is 1. The van der Waals surface area contributed by atoms with Gasteiger partial charge in [-0.15, -0.1) is 6.58 Å². The number of nitrogens with one attached hydrogen (secondary N) is 1. The highest BCUT2D eigenvalue weighted by molar-refractivity contribution is 6.13. The third-order valence-corrected chi connectivity index (χ3v) is 10.4. The summed E-state index contributed by atoms with van der Waals surface area (Å²) in [5.41, 5.74) is 5.94. The van der Waals surface area contributed by atoms with E-state index in [1.54, 1.807) is 6.08 Å². The molecule has 45 heavy (non-hydrogen) atoms. The number of benzene rings is 3. The van der Waals surface area contributed by atoms with Crippen LogP contribution in [-0.2, 0) is 31.0 Å². The van der Waals surface area contributed by atoms with Gasteiger partial charge >= 0.3 is 0 Å². The summed E-state index contributed by atoms with van der Waals surface area (Å²) in [6, 6.07) is 22.2. The van der Waals surface area contributed by atoms with Crippen molar-refractivity contribution >= 4 is 29.3 Å². The summed E-state index contributed by atoms with van der Waals surface area (Å²) in [6.07, 6.45) is 4.67. The molecule has 0 spiro atoms. The molecule has 1 saturated carbocycles. The minimum atomic E-state index is -1.42. The van der Waals surface area contributed by atoms with Crippen molar-refractivity contribution in [1.29, 1.82) is 0 Å². The smallest absolute Gasteiger partial charge is 0.260 e. The Labute approximate surface area is 262 Å². The maximum atomic E-state index is 15.1. The van der Waals surface area contributed by atoms with Crippen LogP contribution in [0.1, 0.15) is 41.0 Å². The Bertz CT molecular complexity index is 1780. The van der Waals surface area contributed by atoms with Gasteiger partial charge in [0, 0.05) is 18.5 Å². The van der Waals surface area contributed by atoms with Gasteiger partial charge in [0.25, 0.3) is 11.8 Å². The molecule has 2 N–H and O–H groups in total. The number of hydrogen-bond donors (Lipinski definition) is 2. The molecule has 6 unspecified atom stereocenters. The van der Waals surface area contributed by atoms with E-state index in [1.807, 2.05) is 85.8 Å². The van der Waals surface area contributed by atoms with Gasteiger partial charge < -0.3 is 5.11 Å². The number of hydrogen-bond acceptors (Lipinski definition) is 6. The molecule has 2 heterocycles. The van der Waals surface area contributed by atoms with E-state index in [4.69, 9.17) is 0 Å². The maximum absolute atomic E-state index is 15.1. The van der Waals surface area contributed by atoms with Crippen molar-refractivity contribution in [3.8, 4) is 5.75 Å². The Hall–Kier alpha value is -4.98. The first-order valence-electron chi connectivity index (χ1n) is 15.4. The summed E-state index contributed by atoms with van der Waals surface area (Å²) in [4.78, 5) is 57.7. The fraction of sp³-hybridized carbons (Fsp3) is 0.297. The monoisotopic (exact) mass is 601 g/mol. The predicted octanol–water partition coefficient (Wildman–Crippen LogP) is 5.04. The number of para-hydroxylation sites is 1. The minimum Gasteiger partial charge on any atom is -0.507 e. The van der Waals surface area contributed by atoms with Gasteiger partial charge in [-0.2, -0.15) is 5.01 Å². The van der Waals surface area contributed by atoms with Crippen LogP contribution in [-0.4, -0.2) is 45.7 Å². The van der Waals surface area contributed by atoms with Gasteiger partial charge in [-0.1, -0.05) is 84.0 Å². The molecule has 3 fully saturated rings. The lowest BCUT2D eigenvalue weighted by atomic mass is 9.49. The highest BCUT2D eigenvalue weighted by Gasteiger charge is 2.70. The normalized spacial score (nSPS) is 28.8. The van der Waals surface area contributed by atoms with Crippen molar-refractivity contribution in [2.24, 2.45) is 23.7 Å². The van der Waals surface area contributed by atoms with Crippen LogP contribution in [0, 0.1) is 30.6 Å². The number of carbonyl (C=O) groups is 4. The van der Waals surface area contributed by atoms with Crippen molar-refractivity contribution in [3.05, 3.63) is 119 Å². The molecule has 0 radical (unpaired) electrons. The molecule has 2 aliphatic carbocycles. The number of anilines is 1. The first-order valence-corrected chi connectivity index (χ1v) is 15.4. The van der Waals surface area contributed by atoms with Gasteiger partial charge in [-0.05, 0) is 55.4 Å². The molecule has 3 aromatic carbocycles. The first kappa shape index (κ1) is 28.8. The number of likely N-dealkylation sites (tertiary alicyclic amines) is 1. The number of fused-ring (bicyclic) bond motifs is 4. The molecular weight excluding hydrogens is 566 g/mol. The number of allylic oxidation sites excluding steroid dienone is 3. The zero-order valence-electron chi connectivity index (χ0n) is 25.3. The topological polar surface area (TPSA) is 107 Å². The molecular formula is C37H35N3O5. The van der Waals surface area contributed by atoms with E-state index in [0.29, 0.717) is 35.2 Å². The molecule has 0 bridgehead atoms. The maximum Gasteiger partial charge on any atom is 0.260 e. The SMILES string of the molecule is C=CCc1cccc(C2C3=CCC4C(=O)N(C)C(=O)C4C3CC3C(=O)N(Nc4ccc(C)cc4)C(=O)C32c2ccccc2)c1O. The van der Waals surface area contributed by atoms with Crippen LogP contribution in [0.4, 0.5) is 5.69 Å². The van der Waals surface area contributed by atoms with Crippen LogP contribution in [0.2, 0.25) is 0 Å². The molecule has 2 aliphatic heterocycles. The Balaban J connectivity index is 1.49. The van der Waals surface area contributed by atoms with Gasteiger partial charge in [0.2, 0.25) is 11.8 Å². The van der Waals surface area contributed by atoms with Gasteiger partial charge in [-0.3, -0.25) is 29.5 Å². The van der Waals surface area contributed by atoms with Gasteiger partial charge in [0.05, 0.1) is 28.9 Å². The average molecular weight is 602 g/mol. The van der Waals surface area contributed by atoms with E-state index in [9.17, 15) is 19.5 Å². The van der Waals surface area contributed by atoms with Crippen LogP contribution >= 0.6 is 0 Å². The number of phenolic OH excluding ortho intramolecular Hbond substituents is 1. The van der Waals surface area contributed by atoms with Crippen LogP contribution in [0.15, 0.2) is 97.1 Å². The van der Waals surface area contributed by atoms with Crippen molar-refractivity contribution in [3.63, 3.8) is 0 Å². The summed E-state index contributed by atoms with van der Waals surface area (Å²) >= 11 is 0. The van der Waals surface area contributed by atoms with Gasteiger partial charge in [0.15, 0.2) is 0 Å². The van der Waals surface area contributed by atoms with Gasteiger partial charge in [-0.25, -0.2) is 0 Å². The van der Waals surface area contributed by atoms with Crippen molar-refractivity contribution in [2.45, 2.75) is 37.5 Å². The lowest BCUT2D eigenvalue weighted by Crippen LogP contribution is -2.53.